The topological polar surface area (TPSA) is 17.1 Å². The van der Waals surface area contributed by atoms with Gasteiger partial charge < -0.3 is 0 Å². The molecule has 0 rings (SSSR count). The Morgan fingerprint density at radius 2 is 2.50 bits per heavy atom. The Labute approximate surface area is 38.4 Å². The van der Waals surface area contributed by atoms with Crippen LogP contribution in [0.15, 0.2) is 0 Å². The van der Waals surface area contributed by atoms with Crippen LogP contribution < -0.4 is 0 Å². The standard InChI is InChI=1S/C5H8O/c1-3-5(2)4-6/h5H,2-3H2,1H3. The highest BCUT2D eigenvalue weighted by Crippen LogP contribution is 1.91. The van der Waals surface area contributed by atoms with Gasteiger partial charge in [-0.25, -0.2) is 0 Å². The number of hydrogen-bond donors (Lipinski definition) is 0. The van der Waals surface area contributed by atoms with E-state index in [1.54, 1.807) is 6.29 Å². The summed E-state index contributed by atoms with van der Waals surface area (Å²) in [6.07, 6.45) is 2.55. The zero-order chi connectivity index (χ0) is 4.99. The zero-order valence-corrected chi connectivity index (χ0v) is 3.90. The fourth-order valence-corrected chi connectivity index (χ4v) is 0.0833. The van der Waals surface area contributed by atoms with Crippen LogP contribution in [0.3, 0.4) is 0 Å². The molecule has 0 N–H and O–H groups in total. The van der Waals surface area contributed by atoms with Crippen molar-refractivity contribution in [1.82, 2.24) is 0 Å². The normalized spacial score (nSPS) is 13.7. The van der Waals surface area contributed by atoms with E-state index in [4.69, 9.17) is 0 Å². The Balaban J connectivity index is 2.96. The molecule has 1 atom stereocenters. The van der Waals surface area contributed by atoms with Crippen molar-refractivity contribution < 1.29 is 4.79 Å². The van der Waals surface area contributed by atoms with Gasteiger partial charge in [-0.2, -0.15) is 0 Å². The lowest BCUT2D eigenvalue weighted by atomic mass is 10.2. The largest absolute Gasteiger partial charge is 0.291 e. The second-order valence-corrected chi connectivity index (χ2v) is 1.22. The predicted octanol–water partition coefficient (Wildman–Crippen LogP) is 0.956. The maximum atomic E-state index is 9.55. The lowest BCUT2D eigenvalue weighted by Crippen LogP contribution is -1.90. The summed E-state index contributed by atoms with van der Waals surface area (Å²) >= 11 is 0. The fourth-order valence-electron chi connectivity index (χ4n) is 0.0833. The van der Waals surface area contributed by atoms with Crippen LogP contribution in [0.25, 0.3) is 0 Å². The molecule has 0 aliphatic heterocycles. The lowest BCUT2D eigenvalue weighted by molar-refractivity contribution is 0.535. The van der Waals surface area contributed by atoms with Gasteiger partial charge >= 0.3 is 0 Å². The van der Waals surface area contributed by atoms with Crippen molar-refractivity contribution in [2.45, 2.75) is 13.3 Å². The predicted molar refractivity (Wildman–Crippen MR) is 24.8 cm³/mol. The Morgan fingerprint density at radius 3 is 2.50 bits per heavy atom. The van der Waals surface area contributed by atoms with E-state index in [2.05, 4.69) is 6.92 Å². The molecule has 0 saturated carbocycles. The molecule has 0 spiro atoms. The first-order chi connectivity index (χ1) is 2.81. The van der Waals surface area contributed by atoms with Crippen molar-refractivity contribution in [1.29, 1.82) is 0 Å². The molecule has 0 heterocycles. The second kappa shape index (κ2) is 2.88. The van der Waals surface area contributed by atoms with E-state index in [9.17, 15) is 4.79 Å². The van der Waals surface area contributed by atoms with Crippen LogP contribution in [0.2, 0.25) is 0 Å². The third-order valence-corrected chi connectivity index (χ3v) is 0.659. The van der Waals surface area contributed by atoms with E-state index in [1.807, 2.05) is 6.92 Å². The molecule has 0 fully saturated rings. The summed E-state index contributed by atoms with van der Waals surface area (Å²) in [5.74, 6) is -0.120. The molecule has 0 aliphatic carbocycles. The monoisotopic (exact) mass is 84.1 g/mol. The molecule has 0 aromatic heterocycles. The van der Waals surface area contributed by atoms with E-state index < -0.39 is 0 Å². The first-order valence-corrected chi connectivity index (χ1v) is 2.02. The number of rotatable bonds is 2. The van der Waals surface area contributed by atoms with E-state index in [1.165, 1.54) is 0 Å². The van der Waals surface area contributed by atoms with Gasteiger partial charge in [-0.3, -0.25) is 4.79 Å². The average Bonchev–Trinajstić information content (AvgIpc) is 1.65. The molecular weight excluding hydrogens is 76.1 g/mol. The maximum Gasteiger partial charge on any atom is 0.201 e. The summed E-state index contributed by atoms with van der Waals surface area (Å²) in [6.45, 7) is 5.36. The van der Waals surface area contributed by atoms with Crippen LogP contribution in [0.4, 0.5) is 0 Å². The molecule has 34 valence electrons. The molecule has 1 unspecified atom stereocenters. The molecule has 2 radical (unpaired) electrons. The minimum Gasteiger partial charge on any atom is -0.291 e. The molecule has 6 heavy (non-hydrogen) atoms. The van der Waals surface area contributed by atoms with Gasteiger partial charge in [0.1, 0.15) is 0 Å². The van der Waals surface area contributed by atoms with Crippen LogP contribution in [0.5, 0.6) is 0 Å². The molecule has 0 aromatic rings. The average molecular weight is 84.1 g/mol. The van der Waals surface area contributed by atoms with E-state index in [0.29, 0.717) is 0 Å². The summed E-state index contributed by atoms with van der Waals surface area (Å²) in [5, 5.41) is 0. The third-order valence-electron chi connectivity index (χ3n) is 0.659. The van der Waals surface area contributed by atoms with Gasteiger partial charge in [0.15, 0.2) is 0 Å². The van der Waals surface area contributed by atoms with Crippen LogP contribution in [0.1, 0.15) is 13.3 Å². The highest BCUT2D eigenvalue weighted by Gasteiger charge is 1.91. The van der Waals surface area contributed by atoms with Crippen LogP contribution in [-0.4, -0.2) is 6.29 Å². The molecule has 1 heteroatoms. The van der Waals surface area contributed by atoms with Gasteiger partial charge in [-0.1, -0.05) is 6.92 Å². The molecule has 1 nitrogen and oxygen atoms in total. The van der Waals surface area contributed by atoms with Gasteiger partial charge in [-0.05, 0) is 13.3 Å². The van der Waals surface area contributed by atoms with Crippen molar-refractivity contribution >= 4 is 6.29 Å². The highest BCUT2D eigenvalue weighted by molar-refractivity contribution is 5.54. The number of carbonyl (C=O) groups excluding carboxylic acids is 1. The van der Waals surface area contributed by atoms with E-state index in [0.717, 1.165) is 6.42 Å². The molecule has 0 bridgehead atoms. The molecule has 0 saturated heterocycles. The maximum absolute atomic E-state index is 9.55. The summed E-state index contributed by atoms with van der Waals surface area (Å²) in [7, 11) is 0. The van der Waals surface area contributed by atoms with Crippen molar-refractivity contribution in [2.24, 2.45) is 5.92 Å². The summed E-state index contributed by atoms with van der Waals surface area (Å²) in [6, 6.07) is 0. The zero-order valence-electron chi connectivity index (χ0n) is 3.90. The minimum atomic E-state index is -0.120. The molecule has 0 amide bonds. The van der Waals surface area contributed by atoms with Crippen LogP contribution >= 0.6 is 0 Å². The van der Waals surface area contributed by atoms with Crippen molar-refractivity contribution in [3.05, 3.63) is 6.92 Å². The summed E-state index contributed by atoms with van der Waals surface area (Å²) in [4.78, 5) is 9.55. The van der Waals surface area contributed by atoms with E-state index in [-0.39, 0.29) is 5.92 Å². The quantitative estimate of drug-likeness (QED) is 0.487. The SMILES string of the molecule is [CH2]C([C]=O)CC. The van der Waals surface area contributed by atoms with Crippen LogP contribution in [0, 0.1) is 12.8 Å². The third kappa shape index (κ3) is 1.94. The Bertz CT molecular complexity index is 41.2. The second-order valence-electron chi connectivity index (χ2n) is 1.22. The van der Waals surface area contributed by atoms with Gasteiger partial charge in [0.2, 0.25) is 6.29 Å². The van der Waals surface area contributed by atoms with Crippen molar-refractivity contribution in [3.8, 4) is 0 Å². The Hall–Kier alpha value is -0.330. The highest BCUT2D eigenvalue weighted by atomic mass is 16.1. The van der Waals surface area contributed by atoms with Crippen LogP contribution in [-0.2, 0) is 4.79 Å². The summed E-state index contributed by atoms with van der Waals surface area (Å²) in [5.41, 5.74) is 0. The van der Waals surface area contributed by atoms with Gasteiger partial charge in [0.25, 0.3) is 0 Å². The molecule has 0 aromatic carbocycles. The Kier molecular flexibility index (Phi) is 2.73. The molecular formula is C5H8O. The van der Waals surface area contributed by atoms with Crippen molar-refractivity contribution in [3.63, 3.8) is 0 Å². The fraction of sp³-hybridized carbons (Fsp3) is 0.600. The minimum absolute atomic E-state index is 0.120. The lowest BCUT2D eigenvalue weighted by Gasteiger charge is -1.87. The number of hydrogen-bond acceptors (Lipinski definition) is 1. The summed E-state index contributed by atoms with van der Waals surface area (Å²) < 4.78 is 0. The van der Waals surface area contributed by atoms with Gasteiger partial charge in [-0.15, -0.1) is 0 Å². The van der Waals surface area contributed by atoms with Gasteiger partial charge in [0.05, 0.1) is 0 Å². The van der Waals surface area contributed by atoms with Crippen molar-refractivity contribution in [2.75, 3.05) is 0 Å². The van der Waals surface area contributed by atoms with Gasteiger partial charge in [0, 0.05) is 5.92 Å². The first-order valence-electron chi connectivity index (χ1n) is 2.02. The van der Waals surface area contributed by atoms with E-state index >= 15 is 0 Å². The Morgan fingerprint density at radius 1 is 2.00 bits per heavy atom. The first kappa shape index (κ1) is 5.67. The smallest absolute Gasteiger partial charge is 0.201 e. The molecule has 0 aliphatic rings.